The third-order valence-corrected chi connectivity index (χ3v) is 10.3. The molecule has 3 nitrogen and oxygen atoms in total. The van der Waals surface area contributed by atoms with Crippen LogP contribution in [0.25, 0.3) is 44.5 Å². The van der Waals surface area contributed by atoms with Gasteiger partial charge < -0.3 is 14.4 Å². The summed E-state index contributed by atoms with van der Waals surface area (Å²) in [4.78, 5) is 9.02. The molecule has 43 heavy (non-hydrogen) atoms. The number of aromatic nitrogens is 2. The van der Waals surface area contributed by atoms with Gasteiger partial charge in [0.15, 0.2) is 0 Å². The second-order valence-electron chi connectivity index (χ2n) is 12.4. The number of furan rings is 1. The van der Waals surface area contributed by atoms with E-state index in [4.69, 9.17) is 9.40 Å². The first kappa shape index (κ1) is 31.1. The number of rotatable bonds is 4. The molecule has 1 fully saturated rings. The molecule has 3 heterocycles. The van der Waals surface area contributed by atoms with Gasteiger partial charge in [0.2, 0.25) is 0 Å². The molecule has 0 spiro atoms. The van der Waals surface area contributed by atoms with Crippen molar-refractivity contribution in [3.8, 4) is 22.5 Å². The summed E-state index contributed by atoms with van der Waals surface area (Å²) in [6.45, 7) is 9.23. The predicted octanol–water partition coefficient (Wildman–Crippen LogP) is 9.90. The molecular formula is C38H38IrN2OSi-2. The Hall–Kier alpha value is -3.37. The summed E-state index contributed by atoms with van der Waals surface area (Å²) in [5, 5.41) is 3.88. The topological polar surface area (TPSA) is 38.9 Å². The van der Waals surface area contributed by atoms with E-state index in [-0.39, 0.29) is 20.1 Å². The van der Waals surface area contributed by atoms with Gasteiger partial charge in [0.1, 0.15) is 5.58 Å². The number of pyridine rings is 2. The Morgan fingerprint density at radius 3 is 2.30 bits per heavy atom. The fourth-order valence-corrected chi connectivity index (χ4v) is 7.57. The fraction of sp³-hybridized carbons (Fsp3) is 0.263. The van der Waals surface area contributed by atoms with E-state index >= 15 is 0 Å². The molecule has 3 aromatic carbocycles. The molecule has 6 aromatic rings. The SMILES string of the molecule is C[Si](C)(C)c1c[c-]c(-c2cc(C3CCCCC3)ccn2)c2oc3ccccc3c12.Cc1ccnc(-c2[c-]cccc2)c1.[Ir]. The smallest absolute Gasteiger partial charge is 0.120 e. The summed E-state index contributed by atoms with van der Waals surface area (Å²) in [6, 6.07) is 33.7. The van der Waals surface area contributed by atoms with Crippen LogP contribution < -0.4 is 5.19 Å². The van der Waals surface area contributed by atoms with Crippen molar-refractivity contribution in [1.29, 1.82) is 0 Å². The summed E-state index contributed by atoms with van der Waals surface area (Å²) in [5.41, 5.74) is 8.55. The van der Waals surface area contributed by atoms with Crippen LogP contribution in [0.3, 0.4) is 0 Å². The molecular weight excluding hydrogens is 721 g/mol. The van der Waals surface area contributed by atoms with Crippen LogP contribution >= 0.6 is 0 Å². The standard InChI is InChI=1S/C26H28NOSi.C12H10N.Ir/c1-29(2,3)24-14-13-20(26-25(24)21-11-7-8-12-23(21)28-26)22-17-19(15-16-27-22)18-9-5-4-6-10-18;1-10-7-8-13-12(9-10)11-5-3-2-4-6-11;/h7-8,11-12,14-18H,4-6,9-10H2,1-3H3;2-5,7-9H,1H3;/q2*-1;. The van der Waals surface area contributed by atoms with Gasteiger partial charge in [0.05, 0.1) is 5.58 Å². The third kappa shape index (κ3) is 6.91. The zero-order chi connectivity index (χ0) is 29.1. The molecule has 0 amide bonds. The Morgan fingerprint density at radius 2 is 1.56 bits per heavy atom. The molecule has 7 rings (SSSR count). The maximum atomic E-state index is 6.41. The van der Waals surface area contributed by atoms with E-state index in [1.165, 1.54) is 59.2 Å². The largest absolute Gasteiger partial charge is 0.501 e. The molecule has 0 N–H and O–H groups in total. The number of para-hydroxylation sites is 1. The Morgan fingerprint density at radius 1 is 0.814 bits per heavy atom. The molecule has 0 saturated heterocycles. The Bertz CT molecular complexity index is 1820. The van der Waals surface area contributed by atoms with Crippen LogP contribution in [0, 0.1) is 19.1 Å². The van der Waals surface area contributed by atoms with Crippen molar-refractivity contribution in [2.24, 2.45) is 0 Å². The van der Waals surface area contributed by atoms with Gasteiger partial charge in [-0.15, -0.1) is 53.2 Å². The van der Waals surface area contributed by atoms with Crippen LogP contribution in [0.5, 0.6) is 0 Å². The average Bonchev–Trinajstić information content (AvgIpc) is 3.41. The van der Waals surface area contributed by atoms with Crippen LogP contribution in [0.2, 0.25) is 19.6 Å². The molecule has 1 aliphatic rings. The summed E-state index contributed by atoms with van der Waals surface area (Å²) in [6.07, 6.45) is 10.4. The van der Waals surface area contributed by atoms with Gasteiger partial charge in [-0.2, -0.15) is 0 Å². The normalized spacial score (nSPS) is 13.8. The van der Waals surface area contributed by atoms with E-state index in [0.717, 1.165) is 33.7 Å². The van der Waals surface area contributed by atoms with E-state index in [1.807, 2.05) is 48.8 Å². The predicted molar refractivity (Wildman–Crippen MR) is 178 cm³/mol. The molecule has 3 aromatic heterocycles. The molecule has 5 heteroatoms. The molecule has 221 valence electrons. The van der Waals surface area contributed by atoms with Gasteiger partial charge in [-0.3, -0.25) is 0 Å². The Kier molecular flexibility index (Phi) is 9.76. The number of hydrogen-bond acceptors (Lipinski definition) is 3. The first-order valence-electron chi connectivity index (χ1n) is 15.1. The minimum Gasteiger partial charge on any atom is -0.501 e. The Labute approximate surface area is 270 Å². The van der Waals surface area contributed by atoms with Gasteiger partial charge in [-0.1, -0.05) is 91.3 Å². The van der Waals surface area contributed by atoms with Crippen molar-refractivity contribution in [3.05, 3.63) is 115 Å². The maximum Gasteiger partial charge on any atom is 0.120 e. The molecule has 0 atom stereocenters. The van der Waals surface area contributed by atoms with Crippen molar-refractivity contribution in [2.75, 3.05) is 0 Å². The number of hydrogen-bond donors (Lipinski definition) is 0. The average molecular weight is 759 g/mol. The number of aryl methyl sites for hydroxylation is 1. The van der Waals surface area contributed by atoms with E-state index in [1.54, 1.807) is 0 Å². The second-order valence-corrected chi connectivity index (χ2v) is 17.5. The molecule has 1 saturated carbocycles. The number of nitrogens with zero attached hydrogens (tertiary/aromatic N) is 2. The van der Waals surface area contributed by atoms with Crippen molar-refractivity contribution < 1.29 is 24.5 Å². The molecule has 1 aliphatic carbocycles. The second kappa shape index (κ2) is 13.5. The van der Waals surface area contributed by atoms with Crippen LogP contribution in [0.1, 0.15) is 49.1 Å². The van der Waals surface area contributed by atoms with Crippen molar-refractivity contribution >= 4 is 35.2 Å². The minimum absolute atomic E-state index is 0. The Balaban J connectivity index is 0.000000221. The molecule has 0 unspecified atom stereocenters. The van der Waals surface area contributed by atoms with Crippen LogP contribution in [0.4, 0.5) is 0 Å². The monoisotopic (exact) mass is 759 g/mol. The van der Waals surface area contributed by atoms with Gasteiger partial charge in [0, 0.05) is 46.0 Å². The first-order chi connectivity index (χ1) is 20.4. The molecule has 0 aliphatic heterocycles. The van der Waals surface area contributed by atoms with Gasteiger partial charge in [-0.25, -0.2) is 0 Å². The summed E-state index contributed by atoms with van der Waals surface area (Å²) >= 11 is 0. The summed E-state index contributed by atoms with van der Waals surface area (Å²) < 4.78 is 6.41. The van der Waals surface area contributed by atoms with E-state index in [2.05, 4.69) is 86.1 Å². The first-order valence-corrected chi connectivity index (χ1v) is 18.6. The van der Waals surface area contributed by atoms with Crippen LogP contribution in [0.15, 0.2) is 95.7 Å². The molecule has 1 radical (unpaired) electrons. The van der Waals surface area contributed by atoms with Gasteiger partial charge in [0.25, 0.3) is 0 Å². The maximum absolute atomic E-state index is 6.41. The van der Waals surface area contributed by atoms with Crippen molar-refractivity contribution in [1.82, 2.24) is 9.97 Å². The van der Waals surface area contributed by atoms with Crippen LogP contribution in [-0.4, -0.2) is 18.0 Å². The summed E-state index contributed by atoms with van der Waals surface area (Å²) in [7, 11) is -1.55. The zero-order valence-corrected chi connectivity index (χ0v) is 28.8. The fourth-order valence-electron chi connectivity index (χ4n) is 6.06. The van der Waals surface area contributed by atoms with E-state index in [0.29, 0.717) is 5.92 Å². The van der Waals surface area contributed by atoms with Crippen molar-refractivity contribution in [3.63, 3.8) is 0 Å². The summed E-state index contributed by atoms with van der Waals surface area (Å²) in [5.74, 6) is 0.665. The van der Waals surface area contributed by atoms with Gasteiger partial charge >= 0.3 is 0 Å². The number of benzene rings is 3. The number of fused-ring (bicyclic) bond motifs is 3. The minimum atomic E-state index is -1.55. The van der Waals surface area contributed by atoms with Gasteiger partial charge in [-0.05, 0) is 55.3 Å². The molecule has 0 bridgehead atoms. The third-order valence-electron chi connectivity index (χ3n) is 8.28. The zero-order valence-electron chi connectivity index (χ0n) is 25.4. The van der Waals surface area contributed by atoms with Crippen LogP contribution in [-0.2, 0) is 20.1 Å². The quantitative estimate of drug-likeness (QED) is 0.133. The van der Waals surface area contributed by atoms with E-state index in [9.17, 15) is 0 Å². The van der Waals surface area contributed by atoms with Crippen molar-refractivity contribution in [2.45, 2.75) is 64.6 Å². The van der Waals surface area contributed by atoms with E-state index < -0.39 is 8.07 Å².